The highest BCUT2D eigenvalue weighted by molar-refractivity contribution is 8.02. The highest BCUT2D eigenvalue weighted by atomic mass is 35.5. The number of nitrogens with one attached hydrogen (secondary N) is 1. The van der Waals surface area contributed by atoms with E-state index in [1.165, 1.54) is 11.8 Å². The van der Waals surface area contributed by atoms with Crippen LogP contribution in [0, 0.1) is 0 Å². The number of hydrogen-bond donors (Lipinski definition) is 2. The van der Waals surface area contributed by atoms with E-state index in [-0.39, 0.29) is 11.2 Å². The van der Waals surface area contributed by atoms with Crippen LogP contribution in [0.15, 0.2) is 33.9 Å². The molecule has 20 heavy (non-hydrogen) atoms. The molecular weight excluding hydrogens is 335 g/mol. The van der Waals surface area contributed by atoms with Crippen molar-refractivity contribution in [1.29, 1.82) is 0 Å². The van der Waals surface area contributed by atoms with Crippen LogP contribution in [0.4, 0.5) is 11.4 Å². The summed E-state index contributed by atoms with van der Waals surface area (Å²) in [5.74, 6) is -0.153. The molecule has 0 fully saturated rings. The zero-order valence-corrected chi connectivity index (χ0v) is 13.7. The van der Waals surface area contributed by atoms with Gasteiger partial charge in [0.2, 0.25) is 5.91 Å². The third-order valence-corrected chi connectivity index (χ3v) is 5.18. The first-order chi connectivity index (χ1) is 9.47. The van der Waals surface area contributed by atoms with Gasteiger partial charge in [0, 0.05) is 5.02 Å². The number of rotatable bonds is 4. The van der Waals surface area contributed by atoms with Gasteiger partial charge in [-0.15, -0.1) is 23.1 Å². The lowest BCUT2D eigenvalue weighted by molar-refractivity contribution is -0.115. The number of nitrogen functional groups attached to an aromatic ring is 1. The largest absolute Gasteiger partial charge is 0.397 e. The third-order valence-electron chi connectivity index (χ3n) is 2.49. The highest BCUT2D eigenvalue weighted by Gasteiger charge is 2.17. The van der Waals surface area contributed by atoms with E-state index in [1.54, 1.807) is 23.5 Å². The minimum absolute atomic E-state index is 0.153. The lowest BCUT2D eigenvalue weighted by Crippen LogP contribution is -2.23. The second-order valence-electron chi connectivity index (χ2n) is 4.03. The Balaban J connectivity index is 2.08. The van der Waals surface area contributed by atoms with Crippen molar-refractivity contribution < 1.29 is 4.79 Å². The van der Waals surface area contributed by atoms with Crippen LogP contribution in [-0.2, 0) is 4.79 Å². The van der Waals surface area contributed by atoms with Crippen LogP contribution in [0.3, 0.4) is 0 Å². The summed E-state index contributed by atoms with van der Waals surface area (Å²) < 4.78 is 1.09. The molecule has 106 valence electrons. The number of benzene rings is 1. The maximum Gasteiger partial charge on any atom is 0.237 e. The molecule has 0 aliphatic heterocycles. The smallest absolute Gasteiger partial charge is 0.237 e. The SMILES string of the molecule is CC(Sc1cccs1)C(=O)Nc1c(N)cc(Cl)cc1Cl. The average Bonchev–Trinajstić information content (AvgIpc) is 2.86. The highest BCUT2D eigenvalue weighted by Crippen LogP contribution is 2.33. The minimum atomic E-state index is -0.250. The van der Waals surface area contributed by atoms with E-state index in [0.717, 1.165) is 4.21 Å². The maximum absolute atomic E-state index is 12.2. The molecule has 0 bridgehead atoms. The number of amides is 1. The zero-order chi connectivity index (χ0) is 14.7. The van der Waals surface area contributed by atoms with Crippen LogP contribution in [-0.4, -0.2) is 11.2 Å². The lowest BCUT2D eigenvalue weighted by atomic mass is 10.2. The summed E-state index contributed by atoms with van der Waals surface area (Å²) in [5, 5.41) is 5.24. The van der Waals surface area contributed by atoms with E-state index in [0.29, 0.717) is 21.4 Å². The number of nitrogens with two attached hydrogens (primary N) is 1. The molecule has 0 aliphatic rings. The van der Waals surface area contributed by atoms with Crippen molar-refractivity contribution in [2.75, 3.05) is 11.1 Å². The molecule has 7 heteroatoms. The molecule has 1 aromatic heterocycles. The third kappa shape index (κ3) is 3.82. The standard InChI is InChI=1S/C13H12Cl2N2OS2/c1-7(20-11-3-2-4-19-11)13(18)17-12-9(15)5-8(14)6-10(12)16/h2-7H,16H2,1H3,(H,17,18). The van der Waals surface area contributed by atoms with Crippen LogP contribution < -0.4 is 11.1 Å². The van der Waals surface area contributed by atoms with Gasteiger partial charge in [-0.05, 0) is 30.5 Å². The van der Waals surface area contributed by atoms with Gasteiger partial charge in [-0.25, -0.2) is 0 Å². The fourth-order valence-electron chi connectivity index (χ4n) is 1.51. The summed E-state index contributed by atoms with van der Waals surface area (Å²) >= 11 is 15.0. The monoisotopic (exact) mass is 346 g/mol. The first-order valence-electron chi connectivity index (χ1n) is 5.73. The Bertz CT molecular complexity index is 594. The van der Waals surface area contributed by atoms with Crippen molar-refractivity contribution >= 4 is 63.6 Å². The Hall–Kier alpha value is -0.880. The van der Waals surface area contributed by atoms with E-state index in [9.17, 15) is 4.79 Å². The van der Waals surface area contributed by atoms with Crippen LogP contribution in [0.1, 0.15) is 6.92 Å². The van der Waals surface area contributed by atoms with Gasteiger partial charge < -0.3 is 11.1 Å². The van der Waals surface area contributed by atoms with E-state index in [4.69, 9.17) is 28.9 Å². The predicted molar refractivity (Wildman–Crippen MR) is 89.1 cm³/mol. The normalized spacial score (nSPS) is 12.2. The molecule has 0 radical (unpaired) electrons. The van der Waals surface area contributed by atoms with Crippen LogP contribution in [0.25, 0.3) is 0 Å². The molecule has 0 spiro atoms. The molecule has 3 N–H and O–H groups in total. The zero-order valence-electron chi connectivity index (χ0n) is 10.5. The van der Waals surface area contributed by atoms with Gasteiger partial charge in [-0.2, -0.15) is 0 Å². The van der Waals surface area contributed by atoms with E-state index in [1.807, 2.05) is 24.4 Å². The number of carbonyl (C=O) groups is 1. The van der Waals surface area contributed by atoms with Crippen molar-refractivity contribution in [2.24, 2.45) is 0 Å². The molecular formula is C13H12Cl2N2OS2. The Morgan fingerprint density at radius 2 is 2.20 bits per heavy atom. The second-order valence-corrected chi connectivity index (χ2v) is 7.47. The van der Waals surface area contributed by atoms with Gasteiger partial charge in [-0.3, -0.25) is 4.79 Å². The summed E-state index contributed by atoms with van der Waals surface area (Å²) in [6.45, 7) is 1.83. The Morgan fingerprint density at radius 1 is 1.45 bits per heavy atom. The fraction of sp³-hybridized carbons (Fsp3) is 0.154. The van der Waals surface area contributed by atoms with Crippen molar-refractivity contribution in [3.63, 3.8) is 0 Å². The second kappa shape index (κ2) is 6.72. The quantitative estimate of drug-likeness (QED) is 0.619. The summed E-state index contributed by atoms with van der Waals surface area (Å²) in [6, 6.07) is 7.03. The van der Waals surface area contributed by atoms with Crippen molar-refractivity contribution in [3.05, 3.63) is 39.7 Å². The summed E-state index contributed by atoms with van der Waals surface area (Å²) in [5.41, 5.74) is 6.57. The first kappa shape index (κ1) is 15.5. The van der Waals surface area contributed by atoms with Crippen LogP contribution >= 0.6 is 46.3 Å². The molecule has 2 aromatic rings. The molecule has 0 saturated carbocycles. The number of thiophene rings is 1. The molecule has 0 aliphatic carbocycles. The first-order valence-corrected chi connectivity index (χ1v) is 8.24. The number of thioether (sulfide) groups is 1. The molecule has 1 unspecified atom stereocenters. The van der Waals surface area contributed by atoms with E-state index in [2.05, 4.69) is 5.32 Å². The fourth-order valence-corrected chi connectivity index (χ4v) is 4.01. The van der Waals surface area contributed by atoms with Crippen LogP contribution in [0.2, 0.25) is 10.0 Å². The van der Waals surface area contributed by atoms with Crippen LogP contribution in [0.5, 0.6) is 0 Å². The van der Waals surface area contributed by atoms with Gasteiger partial charge in [0.1, 0.15) is 0 Å². The van der Waals surface area contributed by atoms with Crippen molar-refractivity contribution in [3.8, 4) is 0 Å². The molecule has 0 saturated heterocycles. The Morgan fingerprint density at radius 3 is 2.80 bits per heavy atom. The summed E-state index contributed by atoms with van der Waals surface area (Å²) in [4.78, 5) is 12.2. The number of anilines is 2. The van der Waals surface area contributed by atoms with Gasteiger partial charge in [0.05, 0.1) is 25.9 Å². The number of carbonyl (C=O) groups excluding carboxylic acids is 1. The van der Waals surface area contributed by atoms with Crippen molar-refractivity contribution in [1.82, 2.24) is 0 Å². The van der Waals surface area contributed by atoms with Gasteiger partial charge >= 0.3 is 0 Å². The Kier molecular flexibility index (Phi) is 5.21. The minimum Gasteiger partial charge on any atom is -0.397 e. The molecule has 1 heterocycles. The van der Waals surface area contributed by atoms with Crippen molar-refractivity contribution in [2.45, 2.75) is 16.4 Å². The molecule has 1 amide bonds. The van der Waals surface area contributed by atoms with Gasteiger partial charge in [0.15, 0.2) is 0 Å². The number of hydrogen-bond acceptors (Lipinski definition) is 4. The lowest BCUT2D eigenvalue weighted by Gasteiger charge is -2.14. The Labute approximate surface area is 135 Å². The van der Waals surface area contributed by atoms with Gasteiger partial charge in [-0.1, -0.05) is 29.3 Å². The summed E-state index contributed by atoms with van der Waals surface area (Å²) in [7, 11) is 0. The summed E-state index contributed by atoms with van der Waals surface area (Å²) in [6.07, 6.45) is 0. The molecule has 1 aromatic carbocycles. The van der Waals surface area contributed by atoms with E-state index < -0.39 is 0 Å². The average molecular weight is 347 g/mol. The number of halogens is 2. The maximum atomic E-state index is 12.2. The molecule has 1 atom stereocenters. The predicted octanol–water partition coefficient (Wildman–Crippen LogP) is 4.76. The molecule has 2 rings (SSSR count). The van der Waals surface area contributed by atoms with Gasteiger partial charge in [0.25, 0.3) is 0 Å². The van der Waals surface area contributed by atoms with E-state index >= 15 is 0 Å². The topological polar surface area (TPSA) is 55.1 Å². The molecule has 3 nitrogen and oxygen atoms in total.